The van der Waals surface area contributed by atoms with Gasteiger partial charge in [0.15, 0.2) is 5.69 Å². The summed E-state index contributed by atoms with van der Waals surface area (Å²) >= 11 is 0. The lowest BCUT2D eigenvalue weighted by Gasteiger charge is -2.36. The van der Waals surface area contributed by atoms with Crippen LogP contribution in [0.3, 0.4) is 0 Å². The number of carbonyl (C=O) groups excluding carboxylic acids is 1. The molecule has 2 heterocycles. The zero-order chi connectivity index (χ0) is 22.0. The fraction of sp³-hybridized carbons (Fsp3) is 0.217. The third-order valence-electron chi connectivity index (χ3n) is 5.32. The third kappa shape index (κ3) is 3.90. The molecule has 0 bridgehead atoms. The fourth-order valence-corrected chi connectivity index (χ4v) is 3.71. The Bertz CT molecular complexity index is 1220. The number of amides is 1. The van der Waals surface area contributed by atoms with E-state index in [4.69, 9.17) is 0 Å². The van der Waals surface area contributed by atoms with Crippen molar-refractivity contribution in [2.45, 2.75) is 6.92 Å². The van der Waals surface area contributed by atoms with E-state index in [2.05, 4.69) is 5.10 Å². The maximum absolute atomic E-state index is 13.9. The average molecular weight is 417 g/mol. The average Bonchev–Trinajstić information content (AvgIpc) is 2.79. The molecule has 1 aliphatic rings. The Morgan fingerprint density at radius 3 is 2.45 bits per heavy atom. The second-order valence-corrected chi connectivity index (χ2v) is 7.27. The molecule has 2 aromatic carbocycles. The first-order valence-corrected chi connectivity index (χ1v) is 9.89. The highest BCUT2D eigenvalue weighted by molar-refractivity contribution is 5.92. The number of nitrogens with zero attached hydrogens (tertiary/aromatic N) is 5. The maximum Gasteiger partial charge on any atom is 0.278 e. The van der Waals surface area contributed by atoms with E-state index in [1.807, 2.05) is 41.3 Å². The lowest BCUT2D eigenvalue weighted by Crippen LogP contribution is -2.50. The minimum atomic E-state index is -0.566. The lowest BCUT2D eigenvalue weighted by atomic mass is 10.1. The van der Waals surface area contributed by atoms with Crippen molar-refractivity contribution in [1.29, 1.82) is 5.26 Å². The van der Waals surface area contributed by atoms with Gasteiger partial charge in [0.2, 0.25) is 5.43 Å². The van der Waals surface area contributed by atoms with Crippen molar-refractivity contribution < 1.29 is 9.18 Å². The highest BCUT2D eigenvalue weighted by atomic mass is 19.1. The molecule has 4 rings (SSSR count). The van der Waals surface area contributed by atoms with Gasteiger partial charge in [-0.25, -0.2) is 9.07 Å². The van der Waals surface area contributed by atoms with Crippen LogP contribution in [0.4, 0.5) is 10.1 Å². The highest BCUT2D eigenvalue weighted by Gasteiger charge is 2.27. The molecule has 0 aliphatic carbocycles. The van der Waals surface area contributed by atoms with Gasteiger partial charge in [-0.1, -0.05) is 24.3 Å². The van der Waals surface area contributed by atoms with Gasteiger partial charge in [0.1, 0.15) is 17.4 Å². The van der Waals surface area contributed by atoms with Gasteiger partial charge < -0.3 is 9.80 Å². The Kier molecular flexibility index (Phi) is 5.50. The topological polar surface area (TPSA) is 82.2 Å². The molecule has 1 aliphatic heterocycles. The molecule has 156 valence electrons. The predicted octanol–water partition coefficient (Wildman–Crippen LogP) is 2.51. The summed E-state index contributed by atoms with van der Waals surface area (Å²) in [4.78, 5) is 29.0. The van der Waals surface area contributed by atoms with Crippen molar-refractivity contribution in [2.24, 2.45) is 0 Å². The molecular weight excluding hydrogens is 397 g/mol. The van der Waals surface area contributed by atoms with E-state index < -0.39 is 17.2 Å². The molecule has 7 nitrogen and oxygen atoms in total. The van der Waals surface area contributed by atoms with E-state index in [1.54, 1.807) is 28.6 Å². The molecule has 0 spiro atoms. The summed E-state index contributed by atoms with van der Waals surface area (Å²) in [7, 11) is 0. The van der Waals surface area contributed by atoms with Crippen LogP contribution in [0.25, 0.3) is 5.69 Å². The van der Waals surface area contributed by atoms with E-state index in [1.165, 1.54) is 12.1 Å². The number of aryl methyl sites for hydroxylation is 1. The van der Waals surface area contributed by atoms with Crippen LogP contribution in [-0.2, 0) is 0 Å². The molecule has 31 heavy (non-hydrogen) atoms. The monoisotopic (exact) mass is 417 g/mol. The van der Waals surface area contributed by atoms with Crippen LogP contribution in [0.2, 0.25) is 0 Å². The standard InChI is InChI=1S/C23H20FN5O2/c1-16-14-21(30)22(26-29(16)17-6-3-2-4-7-17)23(31)28-12-10-27(11-13-28)20-9-5-8-19(24)18(20)15-25/h2-9,14H,10-13H2,1H3. The zero-order valence-electron chi connectivity index (χ0n) is 17.0. The molecule has 0 saturated carbocycles. The van der Waals surface area contributed by atoms with Gasteiger partial charge in [-0.05, 0) is 31.2 Å². The molecular formula is C23H20FN5O2. The number of piperazine rings is 1. The van der Waals surface area contributed by atoms with E-state index in [0.717, 1.165) is 5.69 Å². The first-order chi connectivity index (χ1) is 15.0. The van der Waals surface area contributed by atoms with Crippen LogP contribution >= 0.6 is 0 Å². The number of nitriles is 1. The van der Waals surface area contributed by atoms with Crippen LogP contribution < -0.4 is 10.3 Å². The summed E-state index contributed by atoms with van der Waals surface area (Å²) in [5.74, 6) is -1.00. The molecule has 1 aromatic heterocycles. The van der Waals surface area contributed by atoms with Crippen molar-refractivity contribution in [1.82, 2.24) is 14.7 Å². The number of hydrogen-bond donors (Lipinski definition) is 0. The number of hydrogen-bond acceptors (Lipinski definition) is 5. The van der Waals surface area contributed by atoms with Gasteiger partial charge in [0.25, 0.3) is 5.91 Å². The quantitative estimate of drug-likeness (QED) is 0.654. The second-order valence-electron chi connectivity index (χ2n) is 7.27. The Morgan fingerprint density at radius 2 is 1.77 bits per heavy atom. The summed E-state index contributed by atoms with van der Waals surface area (Å²) in [6.07, 6.45) is 0. The van der Waals surface area contributed by atoms with Crippen molar-refractivity contribution in [3.05, 3.63) is 87.6 Å². The minimum absolute atomic E-state index is 0.00627. The van der Waals surface area contributed by atoms with E-state index in [0.29, 0.717) is 37.6 Å². The molecule has 8 heteroatoms. The molecule has 3 aromatic rings. The minimum Gasteiger partial charge on any atom is -0.367 e. The van der Waals surface area contributed by atoms with E-state index >= 15 is 0 Å². The SMILES string of the molecule is Cc1cc(=O)c(C(=O)N2CCN(c3cccc(F)c3C#N)CC2)nn1-c1ccccc1. The molecule has 1 saturated heterocycles. The van der Waals surface area contributed by atoms with Gasteiger partial charge in [-0.3, -0.25) is 9.59 Å². The third-order valence-corrected chi connectivity index (χ3v) is 5.32. The van der Waals surface area contributed by atoms with Gasteiger partial charge >= 0.3 is 0 Å². The normalized spacial score (nSPS) is 13.7. The Labute approximate surface area is 178 Å². The second kappa shape index (κ2) is 8.40. The molecule has 0 unspecified atom stereocenters. The van der Waals surface area contributed by atoms with Crippen LogP contribution in [-0.4, -0.2) is 46.8 Å². The Morgan fingerprint density at radius 1 is 1.06 bits per heavy atom. The number of rotatable bonds is 3. The van der Waals surface area contributed by atoms with Gasteiger partial charge in [0, 0.05) is 37.9 Å². The molecule has 1 fully saturated rings. The molecule has 0 atom stereocenters. The number of para-hydroxylation sites is 1. The van der Waals surface area contributed by atoms with Crippen LogP contribution in [0, 0.1) is 24.1 Å². The molecule has 0 radical (unpaired) electrons. The van der Waals surface area contributed by atoms with Gasteiger partial charge in [-0.2, -0.15) is 10.4 Å². The number of aromatic nitrogens is 2. The largest absolute Gasteiger partial charge is 0.367 e. The predicted molar refractivity (Wildman–Crippen MR) is 114 cm³/mol. The number of carbonyl (C=O) groups is 1. The van der Waals surface area contributed by atoms with Crippen molar-refractivity contribution >= 4 is 11.6 Å². The smallest absolute Gasteiger partial charge is 0.278 e. The summed E-state index contributed by atoms with van der Waals surface area (Å²) in [5, 5.41) is 13.6. The first kappa shape index (κ1) is 20.3. The van der Waals surface area contributed by atoms with E-state index in [9.17, 15) is 19.2 Å². The maximum atomic E-state index is 13.9. The van der Waals surface area contributed by atoms with Gasteiger partial charge in [-0.15, -0.1) is 0 Å². The summed E-state index contributed by atoms with van der Waals surface area (Å²) in [5.41, 5.74) is 1.34. The number of halogens is 1. The summed E-state index contributed by atoms with van der Waals surface area (Å²) in [6, 6.07) is 17.1. The lowest BCUT2D eigenvalue weighted by molar-refractivity contribution is 0.0737. The van der Waals surface area contributed by atoms with Gasteiger partial charge in [0.05, 0.1) is 11.4 Å². The number of anilines is 1. The first-order valence-electron chi connectivity index (χ1n) is 9.89. The number of benzene rings is 2. The van der Waals surface area contributed by atoms with Crippen LogP contribution in [0.5, 0.6) is 0 Å². The van der Waals surface area contributed by atoms with Crippen LogP contribution in [0.15, 0.2) is 59.4 Å². The summed E-state index contributed by atoms with van der Waals surface area (Å²) < 4.78 is 15.5. The summed E-state index contributed by atoms with van der Waals surface area (Å²) in [6.45, 7) is 3.27. The molecule has 0 N–H and O–H groups in total. The van der Waals surface area contributed by atoms with Crippen molar-refractivity contribution in [2.75, 3.05) is 31.1 Å². The highest BCUT2D eigenvalue weighted by Crippen LogP contribution is 2.24. The zero-order valence-corrected chi connectivity index (χ0v) is 17.0. The van der Waals surface area contributed by atoms with Crippen molar-refractivity contribution in [3.63, 3.8) is 0 Å². The molecule has 1 amide bonds. The Balaban J connectivity index is 1.55. The van der Waals surface area contributed by atoms with Crippen molar-refractivity contribution in [3.8, 4) is 11.8 Å². The Hall–Kier alpha value is -3.99. The fourth-order valence-electron chi connectivity index (χ4n) is 3.71. The van der Waals surface area contributed by atoms with E-state index in [-0.39, 0.29) is 11.3 Å². The van der Waals surface area contributed by atoms with Crippen LogP contribution in [0.1, 0.15) is 21.7 Å².